The monoisotopic (exact) mass is 361 g/mol. The number of ether oxygens (including phenoxy) is 3. The molecule has 2 rings (SSSR count). The van der Waals surface area contributed by atoms with Crippen LogP contribution in [0.15, 0.2) is 46.5 Å². The molecule has 0 amide bonds. The van der Waals surface area contributed by atoms with E-state index in [0.29, 0.717) is 28.5 Å². The largest absolute Gasteiger partial charge is 0.497 e. The standard InChI is InChI=1S/C18H19NO7/c1-23-11-4-6-13(16-7-5-12(10-20)26-16)14(8-11)19-15(18(22)25-3)9-17(21)24-2/h4-9,19-20H,10H2,1-3H3/b15-9+. The van der Waals surface area contributed by atoms with E-state index in [2.05, 4.69) is 14.8 Å². The molecule has 0 aliphatic heterocycles. The number of rotatable bonds is 7. The third kappa shape index (κ3) is 4.42. The van der Waals surface area contributed by atoms with Crippen molar-refractivity contribution >= 4 is 17.6 Å². The summed E-state index contributed by atoms with van der Waals surface area (Å²) in [7, 11) is 3.90. The maximum Gasteiger partial charge on any atom is 0.354 e. The van der Waals surface area contributed by atoms with Gasteiger partial charge in [-0.15, -0.1) is 0 Å². The number of methoxy groups -OCH3 is 3. The maximum absolute atomic E-state index is 12.0. The van der Waals surface area contributed by atoms with Gasteiger partial charge in [-0.25, -0.2) is 9.59 Å². The Kier molecular flexibility index (Phi) is 6.40. The predicted octanol–water partition coefficient (Wildman–Crippen LogP) is 2.09. The van der Waals surface area contributed by atoms with Crippen molar-refractivity contribution in [1.82, 2.24) is 0 Å². The van der Waals surface area contributed by atoms with E-state index in [0.717, 1.165) is 6.08 Å². The predicted molar refractivity (Wildman–Crippen MR) is 92.4 cm³/mol. The van der Waals surface area contributed by atoms with Gasteiger partial charge in [0.25, 0.3) is 0 Å². The number of nitrogens with one attached hydrogen (secondary N) is 1. The van der Waals surface area contributed by atoms with Gasteiger partial charge < -0.3 is 29.1 Å². The fourth-order valence-electron chi connectivity index (χ4n) is 2.15. The van der Waals surface area contributed by atoms with E-state index in [1.807, 2.05) is 0 Å². The lowest BCUT2D eigenvalue weighted by atomic mass is 10.1. The third-order valence-corrected chi connectivity index (χ3v) is 3.45. The molecule has 0 saturated carbocycles. The molecular weight excluding hydrogens is 342 g/mol. The number of anilines is 1. The normalized spacial score (nSPS) is 11.0. The van der Waals surface area contributed by atoms with Crippen molar-refractivity contribution in [3.05, 3.63) is 47.9 Å². The average molecular weight is 361 g/mol. The van der Waals surface area contributed by atoms with Gasteiger partial charge >= 0.3 is 11.9 Å². The second kappa shape index (κ2) is 8.72. The van der Waals surface area contributed by atoms with Gasteiger partial charge in [-0.3, -0.25) is 0 Å². The average Bonchev–Trinajstić information content (AvgIpc) is 3.15. The van der Waals surface area contributed by atoms with Gasteiger partial charge in [0.05, 0.1) is 33.1 Å². The number of aliphatic hydroxyl groups excluding tert-OH is 1. The minimum absolute atomic E-state index is 0.122. The lowest BCUT2D eigenvalue weighted by Gasteiger charge is -2.14. The Labute approximate surface area is 150 Å². The van der Waals surface area contributed by atoms with Gasteiger partial charge in [0.2, 0.25) is 0 Å². The fraction of sp³-hybridized carbons (Fsp3) is 0.222. The molecule has 0 aliphatic carbocycles. The summed E-state index contributed by atoms with van der Waals surface area (Å²) in [5.74, 6) is -0.100. The summed E-state index contributed by atoms with van der Waals surface area (Å²) in [5, 5.41) is 12.0. The smallest absolute Gasteiger partial charge is 0.354 e. The van der Waals surface area contributed by atoms with Crippen LogP contribution in [0, 0.1) is 0 Å². The number of carbonyl (C=O) groups excluding carboxylic acids is 2. The van der Waals surface area contributed by atoms with Gasteiger partial charge in [-0.05, 0) is 24.3 Å². The Morgan fingerprint density at radius 2 is 1.92 bits per heavy atom. The van der Waals surface area contributed by atoms with Crippen LogP contribution in [-0.4, -0.2) is 38.4 Å². The molecule has 0 aliphatic rings. The van der Waals surface area contributed by atoms with Crippen LogP contribution in [0.3, 0.4) is 0 Å². The molecule has 8 nitrogen and oxygen atoms in total. The Balaban J connectivity index is 2.49. The van der Waals surface area contributed by atoms with Gasteiger partial charge in [0.1, 0.15) is 29.6 Å². The number of benzene rings is 1. The molecule has 26 heavy (non-hydrogen) atoms. The van der Waals surface area contributed by atoms with Crippen molar-refractivity contribution in [3.8, 4) is 17.1 Å². The number of carbonyl (C=O) groups is 2. The molecule has 138 valence electrons. The molecule has 1 aromatic carbocycles. The van der Waals surface area contributed by atoms with Gasteiger partial charge in [-0.2, -0.15) is 0 Å². The number of aliphatic hydroxyl groups is 1. The lowest BCUT2D eigenvalue weighted by molar-refractivity contribution is -0.138. The summed E-state index contributed by atoms with van der Waals surface area (Å²) in [4.78, 5) is 23.5. The quantitative estimate of drug-likeness (QED) is 0.570. The first kappa shape index (κ1) is 19.1. The number of esters is 2. The van der Waals surface area contributed by atoms with Crippen LogP contribution in [0.2, 0.25) is 0 Å². The van der Waals surface area contributed by atoms with Crippen molar-refractivity contribution in [3.63, 3.8) is 0 Å². The fourth-order valence-corrected chi connectivity index (χ4v) is 2.15. The number of hydrogen-bond donors (Lipinski definition) is 2. The van der Waals surface area contributed by atoms with Crippen molar-refractivity contribution < 1.29 is 33.3 Å². The zero-order valence-corrected chi connectivity index (χ0v) is 14.6. The molecule has 0 bridgehead atoms. The van der Waals surface area contributed by atoms with Crippen molar-refractivity contribution in [2.45, 2.75) is 6.61 Å². The summed E-state index contributed by atoms with van der Waals surface area (Å²) in [6.07, 6.45) is 0.983. The van der Waals surface area contributed by atoms with E-state index in [-0.39, 0.29) is 12.3 Å². The van der Waals surface area contributed by atoms with E-state index >= 15 is 0 Å². The van der Waals surface area contributed by atoms with E-state index < -0.39 is 11.9 Å². The molecule has 2 aromatic rings. The lowest BCUT2D eigenvalue weighted by Crippen LogP contribution is -2.16. The Hall–Kier alpha value is -3.26. The van der Waals surface area contributed by atoms with E-state index in [9.17, 15) is 14.7 Å². The second-order valence-corrected chi connectivity index (χ2v) is 5.03. The minimum Gasteiger partial charge on any atom is -0.497 e. The van der Waals surface area contributed by atoms with E-state index in [1.54, 1.807) is 30.3 Å². The topological polar surface area (TPSA) is 107 Å². The molecule has 0 radical (unpaired) electrons. The van der Waals surface area contributed by atoms with Gasteiger partial charge in [-0.1, -0.05) is 0 Å². The van der Waals surface area contributed by atoms with Crippen LogP contribution in [0.1, 0.15) is 5.76 Å². The zero-order valence-electron chi connectivity index (χ0n) is 14.6. The van der Waals surface area contributed by atoms with Crippen molar-refractivity contribution in [2.75, 3.05) is 26.6 Å². The molecule has 2 N–H and O–H groups in total. The summed E-state index contributed by atoms with van der Waals surface area (Å²) in [5.41, 5.74) is 0.900. The SMILES string of the molecule is COC(=O)/C=C(/Nc1cc(OC)ccc1-c1ccc(CO)o1)C(=O)OC. The first-order chi connectivity index (χ1) is 12.5. The molecule has 0 unspecified atom stereocenters. The Morgan fingerprint density at radius 3 is 2.50 bits per heavy atom. The first-order valence-electron chi connectivity index (χ1n) is 7.55. The molecule has 0 spiro atoms. The number of furan rings is 1. The summed E-state index contributed by atoms with van der Waals surface area (Å²) >= 11 is 0. The highest BCUT2D eigenvalue weighted by molar-refractivity contribution is 5.99. The zero-order chi connectivity index (χ0) is 19.1. The van der Waals surface area contributed by atoms with Gasteiger partial charge in [0, 0.05) is 11.6 Å². The van der Waals surface area contributed by atoms with Crippen LogP contribution < -0.4 is 10.1 Å². The molecule has 0 saturated heterocycles. The minimum atomic E-state index is -0.750. The first-order valence-corrected chi connectivity index (χ1v) is 7.55. The van der Waals surface area contributed by atoms with Crippen LogP contribution in [-0.2, 0) is 25.7 Å². The molecule has 0 atom stereocenters. The third-order valence-electron chi connectivity index (χ3n) is 3.45. The number of hydrogen-bond acceptors (Lipinski definition) is 8. The summed E-state index contributed by atoms with van der Waals surface area (Å²) < 4.78 is 20.0. The van der Waals surface area contributed by atoms with Crippen LogP contribution in [0.4, 0.5) is 5.69 Å². The van der Waals surface area contributed by atoms with Crippen LogP contribution >= 0.6 is 0 Å². The molecular formula is C18H19NO7. The highest BCUT2D eigenvalue weighted by Crippen LogP contribution is 2.33. The van der Waals surface area contributed by atoms with Gasteiger partial charge in [0.15, 0.2) is 0 Å². The molecule has 1 aromatic heterocycles. The highest BCUT2D eigenvalue weighted by Gasteiger charge is 2.17. The van der Waals surface area contributed by atoms with Crippen LogP contribution in [0.5, 0.6) is 5.75 Å². The van der Waals surface area contributed by atoms with Crippen LogP contribution in [0.25, 0.3) is 11.3 Å². The van der Waals surface area contributed by atoms with E-state index in [1.165, 1.54) is 21.3 Å². The molecule has 8 heteroatoms. The van der Waals surface area contributed by atoms with Crippen molar-refractivity contribution in [2.24, 2.45) is 0 Å². The van der Waals surface area contributed by atoms with E-state index in [4.69, 9.17) is 9.15 Å². The Bertz CT molecular complexity index is 823. The highest BCUT2D eigenvalue weighted by atomic mass is 16.5. The maximum atomic E-state index is 12.0. The second-order valence-electron chi connectivity index (χ2n) is 5.03. The Morgan fingerprint density at radius 1 is 1.15 bits per heavy atom. The molecule has 0 fully saturated rings. The molecule has 1 heterocycles. The summed E-state index contributed by atoms with van der Waals surface area (Å²) in [6.45, 7) is -0.241. The van der Waals surface area contributed by atoms with Crippen molar-refractivity contribution in [1.29, 1.82) is 0 Å². The summed E-state index contributed by atoms with van der Waals surface area (Å²) in [6, 6.07) is 8.37.